The van der Waals surface area contributed by atoms with Crippen molar-refractivity contribution in [3.63, 3.8) is 0 Å². The fourth-order valence-electron chi connectivity index (χ4n) is 2.77. The maximum atomic E-state index is 12.3. The summed E-state index contributed by atoms with van der Waals surface area (Å²) in [6.07, 6.45) is 0.0206. The second-order valence-electron chi connectivity index (χ2n) is 6.23. The molecule has 1 aliphatic heterocycles. The highest BCUT2D eigenvalue weighted by molar-refractivity contribution is 6.33. The quantitative estimate of drug-likeness (QED) is 0.889. The monoisotopic (exact) mass is 328 g/mol. The smallest absolute Gasteiger partial charge is 0.256 e. The summed E-state index contributed by atoms with van der Waals surface area (Å²) in [5.41, 5.74) is 1.08. The number of carbonyl (C=O) groups is 1. The molecule has 1 aliphatic rings. The zero-order valence-electron chi connectivity index (χ0n) is 13.7. The molecule has 0 bridgehead atoms. The first kappa shape index (κ1) is 17.2. The van der Waals surface area contributed by atoms with E-state index in [1.165, 1.54) is 4.68 Å². The van der Waals surface area contributed by atoms with Crippen molar-refractivity contribution >= 4 is 17.5 Å². The summed E-state index contributed by atoms with van der Waals surface area (Å²) in [4.78, 5) is 14.7. The van der Waals surface area contributed by atoms with Crippen LogP contribution >= 0.6 is 11.6 Å². The van der Waals surface area contributed by atoms with Gasteiger partial charge in [-0.05, 0) is 12.8 Å². The topological polar surface area (TPSA) is 59.4 Å². The van der Waals surface area contributed by atoms with Crippen LogP contribution in [0.15, 0.2) is 0 Å². The van der Waals surface area contributed by atoms with Crippen molar-refractivity contribution in [2.45, 2.75) is 26.9 Å². The molecule has 1 fully saturated rings. The van der Waals surface area contributed by atoms with E-state index in [0.29, 0.717) is 35.5 Å². The molecule has 0 radical (unpaired) electrons. The van der Waals surface area contributed by atoms with E-state index in [1.54, 1.807) is 14.0 Å². The number of nitrogens with one attached hydrogen (secondary N) is 1. The third kappa shape index (κ3) is 4.21. The molecule has 1 amide bonds. The molecule has 2 heterocycles. The summed E-state index contributed by atoms with van der Waals surface area (Å²) in [7, 11) is 1.72. The van der Waals surface area contributed by atoms with Gasteiger partial charge in [0.25, 0.3) is 5.91 Å². The molecule has 0 aromatic carbocycles. The molecule has 1 aromatic rings. The first-order valence-electron chi connectivity index (χ1n) is 7.69. The Morgan fingerprint density at radius 1 is 1.55 bits per heavy atom. The summed E-state index contributed by atoms with van der Waals surface area (Å²) in [5.74, 6) is 0.436. The molecule has 7 heteroatoms. The lowest BCUT2D eigenvalue weighted by Crippen LogP contribution is -2.48. The highest BCUT2D eigenvalue weighted by Gasteiger charge is 2.23. The average Bonchev–Trinajstić information content (AvgIpc) is 2.69. The Labute approximate surface area is 136 Å². The van der Waals surface area contributed by atoms with Gasteiger partial charge in [-0.1, -0.05) is 25.4 Å². The number of halogens is 1. The minimum absolute atomic E-state index is 0.0206. The van der Waals surface area contributed by atoms with Crippen molar-refractivity contribution in [2.75, 3.05) is 32.8 Å². The van der Waals surface area contributed by atoms with Gasteiger partial charge in [0, 0.05) is 33.2 Å². The molecule has 1 saturated heterocycles. The predicted octanol–water partition coefficient (Wildman–Crippen LogP) is 1.47. The number of morpholine rings is 1. The van der Waals surface area contributed by atoms with Crippen LogP contribution in [0, 0.1) is 12.8 Å². The zero-order chi connectivity index (χ0) is 16.3. The number of carbonyl (C=O) groups excluding carboxylic acids is 1. The van der Waals surface area contributed by atoms with Gasteiger partial charge < -0.3 is 10.1 Å². The van der Waals surface area contributed by atoms with Crippen LogP contribution in [-0.2, 0) is 11.8 Å². The number of aryl methyl sites for hydroxylation is 2. The molecule has 1 aromatic heterocycles. The Balaban J connectivity index is 1.88. The summed E-state index contributed by atoms with van der Waals surface area (Å²) >= 11 is 6.11. The fraction of sp³-hybridized carbons (Fsp3) is 0.733. The van der Waals surface area contributed by atoms with Crippen LogP contribution < -0.4 is 5.32 Å². The second kappa shape index (κ2) is 7.44. The molecule has 0 saturated carbocycles. The van der Waals surface area contributed by atoms with E-state index in [-0.39, 0.29) is 12.0 Å². The number of ether oxygens (including phenoxy) is 1. The second-order valence-corrected chi connectivity index (χ2v) is 6.59. The Morgan fingerprint density at radius 2 is 2.27 bits per heavy atom. The van der Waals surface area contributed by atoms with E-state index < -0.39 is 0 Å². The number of rotatable bonds is 5. The average molecular weight is 329 g/mol. The number of nitrogens with zero attached hydrogens (tertiary/aromatic N) is 3. The Hall–Kier alpha value is -1.11. The van der Waals surface area contributed by atoms with Crippen molar-refractivity contribution < 1.29 is 9.53 Å². The van der Waals surface area contributed by atoms with Gasteiger partial charge in [0.1, 0.15) is 5.15 Å². The molecule has 1 atom stereocenters. The van der Waals surface area contributed by atoms with E-state index in [2.05, 4.69) is 29.2 Å². The first-order chi connectivity index (χ1) is 10.4. The standard InChI is InChI=1S/C15H25ClN4O2/c1-10(2)8-20-5-6-22-12(9-20)7-17-15(21)13-11(3)18-19(4)14(13)16/h10,12H,5-9H2,1-4H3,(H,17,21). The van der Waals surface area contributed by atoms with Gasteiger partial charge in [-0.15, -0.1) is 0 Å². The van der Waals surface area contributed by atoms with Gasteiger partial charge in [-0.3, -0.25) is 14.4 Å². The number of hydrogen-bond acceptors (Lipinski definition) is 4. The van der Waals surface area contributed by atoms with E-state index >= 15 is 0 Å². The summed E-state index contributed by atoms with van der Waals surface area (Å²) < 4.78 is 7.24. The summed E-state index contributed by atoms with van der Waals surface area (Å²) in [5, 5.41) is 7.43. The van der Waals surface area contributed by atoms with Crippen LogP contribution in [0.2, 0.25) is 5.15 Å². The summed E-state index contributed by atoms with van der Waals surface area (Å²) in [6, 6.07) is 0. The molecule has 1 unspecified atom stereocenters. The van der Waals surface area contributed by atoms with E-state index in [0.717, 1.165) is 19.6 Å². The van der Waals surface area contributed by atoms with E-state index in [9.17, 15) is 4.79 Å². The van der Waals surface area contributed by atoms with Crippen LogP contribution in [0.1, 0.15) is 29.9 Å². The Morgan fingerprint density at radius 3 is 2.86 bits per heavy atom. The van der Waals surface area contributed by atoms with Crippen LogP contribution in [0.4, 0.5) is 0 Å². The number of amides is 1. The third-order valence-corrected chi connectivity index (χ3v) is 4.15. The molecule has 1 N–H and O–H groups in total. The van der Waals surface area contributed by atoms with Gasteiger partial charge >= 0.3 is 0 Å². The van der Waals surface area contributed by atoms with E-state index in [4.69, 9.17) is 16.3 Å². The number of hydrogen-bond donors (Lipinski definition) is 1. The van der Waals surface area contributed by atoms with Crippen molar-refractivity contribution in [3.8, 4) is 0 Å². The molecule has 6 nitrogen and oxygen atoms in total. The van der Waals surface area contributed by atoms with Crippen molar-refractivity contribution in [1.29, 1.82) is 0 Å². The van der Waals surface area contributed by atoms with Crippen LogP contribution in [0.3, 0.4) is 0 Å². The lowest BCUT2D eigenvalue weighted by atomic mass is 10.1. The molecule has 2 rings (SSSR count). The maximum absolute atomic E-state index is 12.3. The van der Waals surface area contributed by atoms with Crippen molar-refractivity contribution in [1.82, 2.24) is 20.0 Å². The molecule has 22 heavy (non-hydrogen) atoms. The minimum atomic E-state index is -0.194. The van der Waals surface area contributed by atoms with Gasteiger partial charge in [-0.2, -0.15) is 5.10 Å². The zero-order valence-corrected chi connectivity index (χ0v) is 14.5. The van der Waals surface area contributed by atoms with Gasteiger partial charge in [0.05, 0.1) is 24.0 Å². The summed E-state index contributed by atoms with van der Waals surface area (Å²) in [6.45, 7) is 10.2. The lowest BCUT2D eigenvalue weighted by molar-refractivity contribution is -0.0295. The van der Waals surface area contributed by atoms with E-state index in [1.807, 2.05) is 0 Å². The van der Waals surface area contributed by atoms with Crippen LogP contribution in [0.25, 0.3) is 0 Å². The van der Waals surface area contributed by atoms with Gasteiger partial charge in [0.2, 0.25) is 0 Å². The van der Waals surface area contributed by atoms with Crippen LogP contribution in [-0.4, -0.2) is 59.5 Å². The first-order valence-corrected chi connectivity index (χ1v) is 8.07. The Kier molecular flexibility index (Phi) is 5.83. The number of aromatic nitrogens is 2. The fourth-order valence-corrected chi connectivity index (χ4v) is 3.03. The normalized spacial score (nSPS) is 19.6. The van der Waals surface area contributed by atoms with Gasteiger partial charge in [0.15, 0.2) is 0 Å². The molecule has 0 aliphatic carbocycles. The minimum Gasteiger partial charge on any atom is -0.374 e. The van der Waals surface area contributed by atoms with Gasteiger partial charge in [-0.25, -0.2) is 0 Å². The highest BCUT2D eigenvalue weighted by Crippen LogP contribution is 2.18. The lowest BCUT2D eigenvalue weighted by Gasteiger charge is -2.33. The molecular weight excluding hydrogens is 304 g/mol. The predicted molar refractivity (Wildman–Crippen MR) is 86.3 cm³/mol. The molecule has 124 valence electrons. The van der Waals surface area contributed by atoms with Crippen molar-refractivity contribution in [2.24, 2.45) is 13.0 Å². The highest BCUT2D eigenvalue weighted by atomic mass is 35.5. The van der Waals surface area contributed by atoms with Crippen molar-refractivity contribution in [3.05, 3.63) is 16.4 Å². The largest absolute Gasteiger partial charge is 0.374 e. The third-order valence-electron chi connectivity index (χ3n) is 3.72. The molecule has 0 spiro atoms. The maximum Gasteiger partial charge on any atom is 0.256 e. The van der Waals surface area contributed by atoms with Crippen LogP contribution in [0.5, 0.6) is 0 Å². The molecular formula is C15H25ClN4O2. The SMILES string of the molecule is Cc1nn(C)c(Cl)c1C(=O)NCC1CN(CC(C)C)CCO1. The Bertz CT molecular complexity index is 530.